The van der Waals surface area contributed by atoms with Crippen LogP contribution in [0.4, 0.5) is 0 Å². The molecule has 1 aromatic rings. The van der Waals surface area contributed by atoms with Gasteiger partial charge in [0.25, 0.3) is 0 Å². The van der Waals surface area contributed by atoms with Gasteiger partial charge in [-0.2, -0.15) is 0 Å². The van der Waals surface area contributed by atoms with Gasteiger partial charge in [-0.25, -0.2) is 0 Å². The van der Waals surface area contributed by atoms with E-state index in [1.165, 1.54) is 0 Å². The minimum atomic E-state index is -0.788. The maximum atomic E-state index is 12.0. The number of carbonyl (C=O) groups is 1. The van der Waals surface area contributed by atoms with Gasteiger partial charge in [-0.05, 0) is 38.8 Å². The third-order valence-electron chi connectivity index (χ3n) is 2.86. The van der Waals surface area contributed by atoms with Crippen LogP contribution in [0.3, 0.4) is 0 Å². The lowest BCUT2D eigenvalue weighted by Crippen LogP contribution is -2.44. The number of carbonyl (C=O) groups excluding carboxylic acids is 1. The van der Waals surface area contributed by atoms with E-state index in [-0.39, 0.29) is 5.78 Å². The molecule has 3 nitrogen and oxygen atoms in total. The second-order valence-electron chi connectivity index (χ2n) is 4.23. The quantitative estimate of drug-likeness (QED) is 0.770. The van der Waals surface area contributed by atoms with Gasteiger partial charge in [0, 0.05) is 17.5 Å². The molecule has 15 heavy (non-hydrogen) atoms. The first-order chi connectivity index (χ1) is 6.88. The zero-order chi connectivity index (χ0) is 11.6. The molecular formula is C12H18N2O. The second kappa shape index (κ2) is 4.11. The molecule has 0 radical (unpaired) electrons. The molecule has 0 bridgehead atoms. The zero-order valence-electron chi connectivity index (χ0n) is 9.79. The molecule has 0 saturated heterocycles. The molecule has 1 unspecified atom stereocenters. The molecule has 0 aliphatic heterocycles. The minimum absolute atomic E-state index is 0.0411. The van der Waals surface area contributed by atoms with E-state index < -0.39 is 5.54 Å². The summed E-state index contributed by atoms with van der Waals surface area (Å²) in [5, 5.41) is 0. The van der Waals surface area contributed by atoms with Crippen LogP contribution in [-0.2, 0) is 0 Å². The first-order valence-corrected chi connectivity index (χ1v) is 5.15. The average molecular weight is 206 g/mol. The Balaban J connectivity index is 3.08. The second-order valence-corrected chi connectivity index (χ2v) is 4.23. The van der Waals surface area contributed by atoms with Crippen LogP contribution in [0, 0.1) is 13.8 Å². The molecule has 2 N–H and O–H groups in total. The monoisotopic (exact) mass is 206 g/mol. The highest BCUT2D eigenvalue weighted by Gasteiger charge is 2.27. The van der Waals surface area contributed by atoms with E-state index in [1.54, 1.807) is 13.1 Å². The number of Topliss-reactive ketones (excluding diaryl/α,β-unsaturated/α-hetero) is 1. The molecule has 0 saturated carbocycles. The summed E-state index contributed by atoms with van der Waals surface area (Å²) < 4.78 is 0. The Labute approximate surface area is 90.7 Å². The van der Waals surface area contributed by atoms with E-state index in [2.05, 4.69) is 4.98 Å². The van der Waals surface area contributed by atoms with E-state index in [9.17, 15) is 4.79 Å². The fourth-order valence-electron chi connectivity index (χ4n) is 1.26. The van der Waals surface area contributed by atoms with Gasteiger partial charge < -0.3 is 5.73 Å². The number of nitrogens with two attached hydrogens (primary N) is 1. The Bertz CT molecular complexity index is 383. The molecule has 3 heteroatoms. The highest BCUT2D eigenvalue weighted by atomic mass is 16.1. The van der Waals surface area contributed by atoms with Crippen molar-refractivity contribution in [2.24, 2.45) is 5.73 Å². The molecule has 0 aliphatic carbocycles. The van der Waals surface area contributed by atoms with Crippen molar-refractivity contribution in [2.45, 2.75) is 39.7 Å². The smallest absolute Gasteiger partial charge is 0.183 e. The van der Waals surface area contributed by atoms with E-state index in [0.717, 1.165) is 11.3 Å². The van der Waals surface area contributed by atoms with Gasteiger partial charge in [0.1, 0.15) is 0 Å². The first kappa shape index (κ1) is 11.9. The summed E-state index contributed by atoms with van der Waals surface area (Å²) in [5.74, 6) is -0.0411. The predicted molar refractivity (Wildman–Crippen MR) is 60.9 cm³/mol. The van der Waals surface area contributed by atoms with Gasteiger partial charge in [-0.1, -0.05) is 6.92 Å². The maximum Gasteiger partial charge on any atom is 0.183 e. The van der Waals surface area contributed by atoms with E-state index >= 15 is 0 Å². The molecule has 1 aromatic heterocycles. The SMILES string of the molecule is CCC(C)(N)C(=O)c1cnc(C)c(C)c1. The van der Waals surface area contributed by atoms with Crippen LogP contribution in [0.5, 0.6) is 0 Å². The molecule has 0 spiro atoms. The zero-order valence-corrected chi connectivity index (χ0v) is 9.79. The average Bonchev–Trinajstić information content (AvgIpc) is 2.21. The first-order valence-electron chi connectivity index (χ1n) is 5.15. The highest BCUT2D eigenvalue weighted by Crippen LogP contribution is 2.15. The van der Waals surface area contributed by atoms with E-state index in [0.29, 0.717) is 12.0 Å². The largest absolute Gasteiger partial charge is 0.319 e. The minimum Gasteiger partial charge on any atom is -0.319 e. The van der Waals surface area contributed by atoms with Gasteiger partial charge in [-0.15, -0.1) is 0 Å². The summed E-state index contributed by atoms with van der Waals surface area (Å²) in [4.78, 5) is 16.2. The normalized spacial score (nSPS) is 14.7. The molecule has 1 heterocycles. The van der Waals surface area contributed by atoms with Crippen molar-refractivity contribution >= 4 is 5.78 Å². The number of ketones is 1. The van der Waals surface area contributed by atoms with Crippen molar-refractivity contribution in [3.8, 4) is 0 Å². The highest BCUT2D eigenvalue weighted by molar-refractivity contribution is 6.02. The molecule has 0 amide bonds. The Morgan fingerprint density at radius 3 is 2.60 bits per heavy atom. The number of hydrogen-bond donors (Lipinski definition) is 1. The summed E-state index contributed by atoms with van der Waals surface area (Å²) in [6, 6.07) is 1.85. The van der Waals surface area contributed by atoms with Gasteiger partial charge in [-0.3, -0.25) is 9.78 Å². The number of nitrogens with zero attached hydrogens (tertiary/aromatic N) is 1. The Kier molecular flexibility index (Phi) is 3.25. The van der Waals surface area contributed by atoms with Crippen LogP contribution in [0.25, 0.3) is 0 Å². The fraction of sp³-hybridized carbons (Fsp3) is 0.500. The van der Waals surface area contributed by atoms with Gasteiger partial charge >= 0.3 is 0 Å². The van der Waals surface area contributed by atoms with E-state index in [1.807, 2.05) is 26.8 Å². The Morgan fingerprint density at radius 2 is 2.13 bits per heavy atom. The van der Waals surface area contributed by atoms with Crippen molar-refractivity contribution in [3.05, 3.63) is 29.1 Å². The fourth-order valence-corrected chi connectivity index (χ4v) is 1.26. The topological polar surface area (TPSA) is 56.0 Å². The third-order valence-corrected chi connectivity index (χ3v) is 2.86. The lowest BCUT2D eigenvalue weighted by Gasteiger charge is -2.21. The molecule has 82 valence electrons. The van der Waals surface area contributed by atoms with Crippen molar-refractivity contribution in [3.63, 3.8) is 0 Å². The number of aryl methyl sites for hydroxylation is 2. The van der Waals surface area contributed by atoms with Crippen LogP contribution < -0.4 is 5.73 Å². The van der Waals surface area contributed by atoms with Crippen molar-refractivity contribution in [1.29, 1.82) is 0 Å². The maximum absolute atomic E-state index is 12.0. The molecule has 0 aliphatic rings. The van der Waals surface area contributed by atoms with Gasteiger partial charge in [0.05, 0.1) is 5.54 Å². The summed E-state index contributed by atoms with van der Waals surface area (Å²) in [6.45, 7) is 7.53. The lowest BCUT2D eigenvalue weighted by atomic mass is 9.90. The van der Waals surface area contributed by atoms with Crippen molar-refractivity contribution in [1.82, 2.24) is 4.98 Å². The summed E-state index contributed by atoms with van der Waals surface area (Å²) in [6.07, 6.45) is 2.23. The van der Waals surface area contributed by atoms with Gasteiger partial charge in [0.2, 0.25) is 0 Å². The Hall–Kier alpha value is -1.22. The standard InChI is InChI=1S/C12H18N2O/c1-5-12(4,13)11(15)10-6-8(2)9(3)14-7-10/h6-7H,5,13H2,1-4H3. The van der Waals surface area contributed by atoms with Crippen LogP contribution in [0.15, 0.2) is 12.3 Å². The van der Waals surface area contributed by atoms with Crippen LogP contribution in [-0.4, -0.2) is 16.3 Å². The van der Waals surface area contributed by atoms with Crippen molar-refractivity contribution < 1.29 is 4.79 Å². The molecular weight excluding hydrogens is 188 g/mol. The van der Waals surface area contributed by atoms with Crippen LogP contribution >= 0.6 is 0 Å². The lowest BCUT2D eigenvalue weighted by molar-refractivity contribution is 0.0897. The number of aromatic nitrogens is 1. The summed E-state index contributed by atoms with van der Waals surface area (Å²) in [5.41, 5.74) is 7.68. The molecule has 0 aromatic carbocycles. The summed E-state index contributed by atoms with van der Waals surface area (Å²) in [7, 11) is 0. The van der Waals surface area contributed by atoms with Crippen molar-refractivity contribution in [2.75, 3.05) is 0 Å². The van der Waals surface area contributed by atoms with Crippen LogP contribution in [0.1, 0.15) is 41.9 Å². The molecule has 1 rings (SSSR count). The third kappa shape index (κ3) is 2.42. The molecule has 1 atom stereocenters. The van der Waals surface area contributed by atoms with Crippen LogP contribution in [0.2, 0.25) is 0 Å². The predicted octanol–water partition coefficient (Wildman–Crippen LogP) is 2.01. The number of hydrogen-bond acceptors (Lipinski definition) is 3. The summed E-state index contributed by atoms with van der Waals surface area (Å²) >= 11 is 0. The Morgan fingerprint density at radius 1 is 1.53 bits per heavy atom. The van der Waals surface area contributed by atoms with E-state index in [4.69, 9.17) is 5.73 Å². The number of rotatable bonds is 3. The number of pyridine rings is 1. The molecule has 0 fully saturated rings. The van der Waals surface area contributed by atoms with Gasteiger partial charge in [0.15, 0.2) is 5.78 Å².